The third-order valence-electron chi connectivity index (χ3n) is 8.30. The first-order chi connectivity index (χ1) is 20.8. The Morgan fingerprint density at radius 3 is 1.95 bits per heavy atom. The molecule has 0 saturated heterocycles. The van der Waals surface area contributed by atoms with Gasteiger partial charge in [0.2, 0.25) is 0 Å². The molecule has 0 atom stereocenters. The molecule has 9 rings (SSSR count). The van der Waals surface area contributed by atoms with Crippen LogP contribution in [0, 0.1) is 0 Å². The second-order valence-corrected chi connectivity index (χ2v) is 10.7. The average Bonchev–Trinajstić information content (AvgIpc) is 3.61. The largest absolute Gasteiger partial charge is 0.451 e. The van der Waals surface area contributed by atoms with E-state index in [1.54, 1.807) is 6.33 Å². The monoisotopic (exact) mass is 537 g/mol. The zero-order chi connectivity index (χ0) is 27.6. The van der Waals surface area contributed by atoms with E-state index in [-0.39, 0.29) is 0 Å². The van der Waals surface area contributed by atoms with Crippen LogP contribution >= 0.6 is 0 Å². The maximum absolute atomic E-state index is 6.52. The van der Waals surface area contributed by atoms with Gasteiger partial charge >= 0.3 is 0 Å². The highest BCUT2D eigenvalue weighted by Crippen LogP contribution is 2.38. The molecule has 0 fully saturated rings. The van der Waals surface area contributed by atoms with E-state index in [2.05, 4.69) is 131 Å². The van der Waals surface area contributed by atoms with Crippen LogP contribution in [0.3, 0.4) is 0 Å². The number of hydrogen-bond acceptors (Lipinski definition) is 3. The van der Waals surface area contributed by atoms with Crippen LogP contribution in [0.15, 0.2) is 144 Å². The molecule has 0 aliphatic heterocycles. The van der Waals surface area contributed by atoms with Crippen molar-refractivity contribution in [2.24, 2.45) is 0 Å². The van der Waals surface area contributed by atoms with Crippen molar-refractivity contribution in [2.45, 2.75) is 0 Å². The van der Waals surface area contributed by atoms with E-state index in [1.807, 2.05) is 12.1 Å². The number of aromatic nitrogens is 3. The fourth-order valence-electron chi connectivity index (χ4n) is 6.38. The molecule has 6 aromatic carbocycles. The minimum Gasteiger partial charge on any atom is -0.451 e. The standard InChI is InChI=1S/C38H23N3O/c1-2-14-29-24(9-1)19-20-32-36-38(42-37(29)32)35(39-23-40-36)27-12-7-10-25(21-27)26-11-8-13-28(22-26)41-33-17-5-3-15-30(33)31-16-4-6-18-34(31)41/h1-23H. The van der Waals surface area contributed by atoms with Gasteiger partial charge in [-0.1, -0.05) is 97.1 Å². The second-order valence-electron chi connectivity index (χ2n) is 10.7. The van der Waals surface area contributed by atoms with Crippen molar-refractivity contribution in [1.29, 1.82) is 0 Å². The van der Waals surface area contributed by atoms with Crippen molar-refractivity contribution >= 4 is 54.6 Å². The summed E-state index contributed by atoms with van der Waals surface area (Å²) in [6.45, 7) is 0. The number of fused-ring (bicyclic) bond motifs is 8. The quantitative estimate of drug-likeness (QED) is 0.225. The van der Waals surface area contributed by atoms with Gasteiger partial charge in [-0.25, -0.2) is 9.97 Å². The molecule has 0 radical (unpaired) electrons. The first-order valence-corrected chi connectivity index (χ1v) is 14.1. The summed E-state index contributed by atoms with van der Waals surface area (Å²) in [5.41, 5.74) is 9.95. The molecule has 0 saturated carbocycles. The number of furan rings is 1. The van der Waals surface area contributed by atoms with Crippen LogP contribution in [0.5, 0.6) is 0 Å². The minimum atomic E-state index is 0.708. The summed E-state index contributed by atoms with van der Waals surface area (Å²) < 4.78 is 8.87. The molecule has 0 spiro atoms. The Morgan fingerprint density at radius 1 is 0.476 bits per heavy atom. The Bertz CT molecular complexity index is 2430. The van der Waals surface area contributed by atoms with Crippen molar-refractivity contribution in [3.05, 3.63) is 140 Å². The van der Waals surface area contributed by atoms with Gasteiger partial charge in [-0.3, -0.25) is 0 Å². The van der Waals surface area contributed by atoms with Gasteiger partial charge in [0.05, 0.1) is 11.0 Å². The Kier molecular flexibility index (Phi) is 4.87. The van der Waals surface area contributed by atoms with Gasteiger partial charge in [0.1, 0.15) is 23.1 Å². The van der Waals surface area contributed by atoms with E-state index in [1.165, 1.54) is 21.8 Å². The van der Waals surface area contributed by atoms with Gasteiger partial charge < -0.3 is 8.98 Å². The smallest absolute Gasteiger partial charge is 0.180 e. The highest BCUT2D eigenvalue weighted by atomic mass is 16.3. The molecular formula is C38H23N3O. The van der Waals surface area contributed by atoms with Gasteiger partial charge in [-0.2, -0.15) is 0 Å². The van der Waals surface area contributed by atoms with E-state index in [4.69, 9.17) is 9.40 Å². The highest BCUT2D eigenvalue weighted by molar-refractivity contribution is 6.15. The Balaban J connectivity index is 1.20. The van der Waals surface area contributed by atoms with Crippen LogP contribution in [0.25, 0.3) is 82.7 Å². The molecule has 3 aromatic heterocycles. The Labute approximate surface area is 241 Å². The molecular weight excluding hydrogens is 514 g/mol. The summed E-state index contributed by atoms with van der Waals surface area (Å²) in [4.78, 5) is 9.33. The van der Waals surface area contributed by atoms with Crippen LogP contribution in [0.2, 0.25) is 0 Å². The first kappa shape index (κ1) is 23.0. The molecule has 0 aliphatic carbocycles. The zero-order valence-electron chi connectivity index (χ0n) is 22.5. The van der Waals surface area contributed by atoms with E-state index in [0.717, 1.165) is 55.3 Å². The maximum atomic E-state index is 6.52. The van der Waals surface area contributed by atoms with Crippen LogP contribution in [0.1, 0.15) is 0 Å². The van der Waals surface area contributed by atoms with E-state index in [9.17, 15) is 0 Å². The van der Waals surface area contributed by atoms with Crippen molar-refractivity contribution in [2.75, 3.05) is 0 Å². The summed E-state index contributed by atoms with van der Waals surface area (Å²) in [6, 6.07) is 47.0. The molecule has 9 aromatic rings. The lowest BCUT2D eigenvalue weighted by Gasteiger charge is -2.11. The average molecular weight is 538 g/mol. The predicted molar refractivity (Wildman–Crippen MR) is 172 cm³/mol. The van der Waals surface area contributed by atoms with Gasteiger partial charge in [-0.15, -0.1) is 0 Å². The molecule has 0 bridgehead atoms. The summed E-state index contributed by atoms with van der Waals surface area (Å²) in [6.07, 6.45) is 1.64. The minimum absolute atomic E-state index is 0.708. The topological polar surface area (TPSA) is 43.9 Å². The third-order valence-corrected chi connectivity index (χ3v) is 8.30. The summed E-state index contributed by atoms with van der Waals surface area (Å²) in [5.74, 6) is 0. The predicted octanol–water partition coefficient (Wildman–Crippen LogP) is 9.96. The van der Waals surface area contributed by atoms with Crippen molar-refractivity contribution < 1.29 is 4.42 Å². The molecule has 0 amide bonds. The first-order valence-electron chi connectivity index (χ1n) is 14.1. The summed E-state index contributed by atoms with van der Waals surface area (Å²) in [5, 5.41) is 5.74. The van der Waals surface area contributed by atoms with E-state index < -0.39 is 0 Å². The number of nitrogens with zero attached hydrogens (tertiary/aromatic N) is 3. The molecule has 0 unspecified atom stereocenters. The molecule has 4 nitrogen and oxygen atoms in total. The fourth-order valence-corrected chi connectivity index (χ4v) is 6.38. The lowest BCUT2D eigenvalue weighted by Crippen LogP contribution is -1.94. The van der Waals surface area contributed by atoms with E-state index >= 15 is 0 Å². The fraction of sp³-hybridized carbons (Fsp3) is 0. The number of rotatable bonds is 3. The van der Waals surface area contributed by atoms with Crippen molar-refractivity contribution in [1.82, 2.24) is 14.5 Å². The van der Waals surface area contributed by atoms with Crippen molar-refractivity contribution in [3.63, 3.8) is 0 Å². The van der Waals surface area contributed by atoms with Crippen LogP contribution < -0.4 is 0 Å². The molecule has 4 heteroatoms. The Hall–Kier alpha value is -5.74. The molecule has 0 aliphatic rings. The molecule has 0 N–H and O–H groups in total. The van der Waals surface area contributed by atoms with Crippen molar-refractivity contribution in [3.8, 4) is 28.1 Å². The van der Waals surface area contributed by atoms with Crippen LogP contribution in [0.4, 0.5) is 0 Å². The van der Waals surface area contributed by atoms with Crippen LogP contribution in [-0.4, -0.2) is 14.5 Å². The van der Waals surface area contributed by atoms with Gasteiger partial charge in [0, 0.05) is 32.8 Å². The zero-order valence-corrected chi connectivity index (χ0v) is 22.5. The maximum Gasteiger partial charge on any atom is 0.180 e. The van der Waals surface area contributed by atoms with Crippen LogP contribution in [-0.2, 0) is 0 Å². The van der Waals surface area contributed by atoms with Gasteiger partial charge in [0.25, 0.3) is 0 Å². The van der Waals surface area contributed by atoms with E-state index in [0.29, 0.717) is 5.58 Å². The highest BCUT2D eigenvalue weighted by Gasteiger charge is 2.17. The lowest BCUT2D eigenvalue weighted by molar-refractivity contribution is 0.671. The van der Waals surface area contributed by atoms with Gasteiger partial charge in [-0.05, 0) is 52.9 Å². The SMILES string of the molecule is c1cc(-c2cccc(-n3c4ccccc4c4ccccc43)c2)cc(-c2ncnc3c2oc2c4ccccc4ccc32)c1. The number of hydrogen-bond donors (Lipinski definition) is 0. The van der Waals surface area contributed by atoms with Gasteiger partial charge in [0.15, 0.2) is 5.58 Å². The number of benzene rings is 6. The second kappa shape index (κ2) is 8.88. The Morgan fingerprint density at radius 2 is 1.14 bits per heavy atom. The summed E-state index contributed by atoms with van der Waals surface area (Å²) in [7, 11) is 0. The molecule has 196 valence electrons. The normalized spacial score (nSPS) is 11.8. The lowest BCUT2D eigenvalue weighted by atomic mass is 10.0. The number of para-hydroxylation sites is 2. The summed E-state index contributed by atoms with van der Waals surface area (Å²) >= 11 is 0. The third kappa shape index (κ3) is 3.36. The molecule has 3 heterocycles. The molecule has 42 heavy (non-hydrogen) atoms.